The molecule has 0 aliphatic carbocycles. The molecule has 0 saturated carbocycles. The van der Waals surface area contributed by atoms with Crippen LogP contribution < -0.4 is 4.90 Å². The lowest BCUT2D eigenvalue weighted by molar-refractivity contribution is -0.130. The summed E-state index contributed by atoms with van der Waals surface area (Å²) in [5.74, 6) is 1.82. The third-order valence-electron chi connectivity index (χ3n) is 5.26. The van der Waals surface area contributed by atoms with Gasteiger partial charge in [0.1, 0.15) is 5.76 Å². The van der Waals surface area contributed by atoms with Gasteiger partial charge in [0.15, 0.2) is 0 Å². The zero-order valence-electron chi connectivity index (χ0n) is 17.7. The summed E-state index contributed by atoms with van der Waals surface area (Å²) in [7, 11) is 7.48. The summed E-state index contributed by atoms with van der Waals surface area (Å²) < 4.78 is 5.39. The van der Waals surface area contributed by atoms with Crippen LogP contribution in [0.2, 0.25) is 0 Å². The Labute approximate surface area is 166 Å². The van der Waals surface area contributed by atoms with Crippen LogP contribution in [0.3, 0.4) is 0 Å². The van der Waals surface area contributed by atoms with Gasteiger partial charge in [-0.05, 0) is 33.2 Å². The molecule has 1 aliphatic heterocycles. The molecule has 2 aromatic rings. The number of hydrogen-bond acceptors (Lipinski definition) is 7. The van der Waals surface area contributed by atoms with E-state index in [1.807, 2.05) is 39.0 Å². The van der Waals surface area contributed by atoms with Gasteiger partial charge in [0.05, 0.1) is 23.5 Å². The third-order valence-corrected chi connectivity index (χ3v) is 5.26. The lowest BCUT2D eigenvalue weighted by atomic mass is 9.89. The molecule has 1 saturated heterocycles. The number of carbonyl (C=O) groups is 1. The summed E-state index contributed by atoms with van der Waals surface area (Å²) in [6.07, 6.45) is 3.95. The average molecular weight is 387 g/mol. The van der Waals surface area contributed by atoms with Crippen LogP contribution in [0.4, 0.5) is 5.95 Å². The van der Waals surface area contributed by atoms with Crippen LogP contribution in [0.1, 0.15) is 35.9 Å². The number of anilines is 1. The molecule has 3 rings (SSSR count). The maximum atomic E-state index is 12.2. The standard InChI is InChI=1S/C20H30N6O2/c1-13-18(14(2)28-23-13)16-10-21-20(25(5)6)22-19(16)15-8-7-9-26(11-15)12-17(27)24(3)4/h10,15H,7-9,11-12H2,1-6H3/t15-/m0/s1. The minimum absolute atomic E-state index is 0.128. The Bertz CT molecular complexity index is 826. The molecule has 1 amide bonds. The van der Waals surface area contributed by atoms with E-state index in [1.165, 1.54) is 0 Å². The van der Waals surface area contributed by atoms with Crippen LogP contribution in [-0.4, -0.2) is 78.7 Å². The SMILES string of the molecule is Cc1noc(C)c1-c1cnc(N(C)C)nc1[C@H]1CCCN(CC(=O)N(C)C)C1. The molecule has 1 atom stereocenters. The highest BCUT2D eigenvalue weighted by molar-refractivity contribution is 5.77. The molecule has 0 bridgehead atoms. The van der Waals surface area contributed by atoms with Crippen LogP contribution in [0, 0.1) is 13.8 Å². The number of hydrogen-bond donors (Lipinski definition) is 0. The van der Waals surface area contributed by atoms with E-state index in [1.54, 1.807) is 19.0 Å². The normalized spacial score (nSPS) is 17.6. The van der Waals surface area contributed by atoms with Gasteiger partial charge in [-0.1, -0.05) is 5.16 Å². The number of likely N-dealkylation sites (tertiary alicyclic amines) is 1. The molecule has 3 heterocycles. The van der Waals surface area contributed by atoms with Crippen molar-refractivity contribution in [2.75, 3.05) is 52.7 Å². The molecule has 1 fully saturated rings. The van der Waals surface area contributed by atoms with Crippen molar-refractivity contribution >= 4 is 11.9 Å². The molecule has 0 spiro atoms. The maximum absolute atomic E-state index is 12.2. The largest absolute Gasteiger partial charge is 0.361 e. The second kappa shape index (κ2) is 8.26. The number of piperidine rings is 1. The lowest BCUT2D eigenvalue weighted by Crippen LogP contribution is -2.41. The minimum Gasteiger partial charge on any atom is -0.361 e. The molecule has 0 unspecified atom stereocenters. The van der Waals surface area contributed by atoms with E-state index in [4.69, 9.17) is 9.51 Å². The van der Waals surface area contributed by atoms with Crippen molar-refractivity contribution < 1.29 is 9.32 Å². The molecule has 1 aliphatic rings. The van der Waals surface area contributed by atoms with E-state index in [9.17, 15) is 4.79 Å². The second-order valence-corrected chi connectivity index (χ2v) is 7.92. The number of nitrogens with zero attached hydrogens (tertiary/aromatic N) is 6. The van der Waals surface area contributed by atoms with Crippen LogP contribution in [0.5, 0.6) is 0 Å². The number of aryl methyl sites for hydroxylation is 2. The van der Waals surface area contributed by atoms with Crippen molar-refractivity contribution in [2.45, 2.75) is 32.6 Å². The van der Waals surface area contributed by atoms with Gasteiger partial charge < -0.3 is 14.3 Å². The smallest absolute Gasteiger partial charge is 0.236 e. The van der Waals surface area contributed by atoms with Crippen molar-refractivity contribution in [1.82, 2.24) is 24.9 Å². The Morgan fingerprint density at radius 2 is 2.04 bits per heavy atom. The van der Waals surface area contributed by atoms with Gasteiger partial charge >= 0.3 is 0 Å². The summed E-state index contributed by atoms with van der Waals surface area (Å²) in [6.45, 7) is 6.04. The first-order valence-corrected chi connectivity index (χ1v) is 9.68. The number of amides is 1. The molecule has 8 nitrogen and oxygen atoms in total. The fourth-order valence-electron chi connectivity index (χ4n) is 3.73. The molecule has 152 valence electrons. The van der Waals surface area contributed by atoms with Gasteiger partial charge in [0, 0.05) is 52.4 Å². The van der Waals surface area contributed by atoms with Crippen molar-refractivity contribution in [1.29, 1.82) is 0 Å². The van der Waals surface area contributed by atoms with E-state index in [0.717, 1.165) is 54.2 Å². The first-order valence-electron chi connectivity index (χ1n) is 9.68. The third kappa shape index (κ3) is 4.16. The van der Waals surface area contributed by atoms with Crippen LogP contribution >= 0.6 is 0 Å². The predicted molar refractivity (Wildman–Crippen MR) is 108 cm³/mol. The van der Waals surface area contributed by atoms with E-state index >= 15 is 0 Å². The van der Waals surface area contributed by atoms with E-state index in [0.29, 0.717) is 12.5 Å². The molecule has 2 aromatic heterocycles. The minimum atomic E-state index is 0.128. The molecule has 8 heteroatoms. The topological polar surface area (TPSA) is 78.6 Å². The molecule has 0 N–H and O–H groups in total. The average Bonchev–Trinajstić information content (AvgIpc) is 2.99. The highest BCUT2D eigenvalue weighted by Crippen LogP contribution is 2.36. The van der Waals surface area contributed by atoms with E-state index in [-0.39, 0.29) is 11.8 Å². The van der Waals surface area contributed by atoms with Gasteiger partial charge in [-0.2, -0.15) is 0 Å². The Kier molecular flexibility index (Phi) is 5.98. The Hall–Kier alpha value is -2.48. The van der Waals surface area contributed by atoms with Crippen LogP contribution in [0.25, 0.3) is 11.1 Å². The van der Waals surface area contributed by atoms with E-state index in [2.05, 4.69) is 15.0 Å². The molecule has 0 radical (unpaired) electrons. The molecule has 0 aromatic carbocycles. The van der Waals surface area contributed by atoms with Crippen molar-refractivity contribution in [3.05, 3.63) is 23.3 Å². The first-order chi connectivity index (χ1) is 13.3. The summed E-state index contributed by atoms with van der Waals surface area (Å²) in [5.41, 5.74) is 3.81. The van der Waals surface area contributed by atoms with Gasteiger partial charge in [-0.3, -0.25) is 9.69 Å². The quantitative estimate of drug-likeness (QED) is 0.778. The zero-order valence-corrected chi connectivity index (χ0v) is 17.7. The van der Waals surface area contributed by atoms with Gasteiger partial charge in [-0.25, -0.2) is 9.97 Å². The summed E-state index contributed by atoms with van der Waals surface area (Å²) in [4.78, 5) is 27.4. The van der Waals surface area contributed by atoms with Gasteiger partial charge in [-0.15, -0.1) is 0 Å². The fraction of sp³-hybridized carbons (Fsp3) is 0.600. The number of aromatic nitrogens is 3. The summed E-state index contributed by atoms with van der Waals surface area (Å²) >= 11 is 0. The van der Waals surface area contributed by atoms with Crippen LogP contribution in [0.15, 0.2) is 10.7 Å². The van der Waals surface area contributed by atoms with Crippen LogP contribution in [-0.2, 0) is 4.79 Å². The number of carbonyl (C=O) groups excluding carboxylic acids is 1. The Morgan fingerprint density at radius 3 is 2.64 bits per heavy atom. The van der Waals surface area contributed by atoms with Crippen molar-refractivity contribution in [3.8, 4) is 11.1 Å². The van der Waals surface area contributed by atoms with Crippen molar-refractivity contribution in [3.63, 3.8) is 0 Å². The van der Waals surface area contributed by atoms with E-state index < -0.39 is 0 Å². The number of rotatable bonds is 5. The fourth-order valence-corrected chi connectivity index (χ4v) is 3.73. The first kappa shape index (κ1) is 20.3. The number of likely N-dealkylation sites (N-methyl/N-ethyl adjacent to an activating group) is 1. The zero-order chi connectivity index (χ0) is 20.4. The summed E-state index contributed by atoms with van der Waals surface area (Å²) in [5, 5.41) is 4.11. The van der Waals surface area contributed by atoms with Gasteiger partial charge in [0.25, 0.3) is 0 Å². The summed E-state index contributed by atoms with van der Waals surface area (Å²) in [6, 6.07) is 0. The second-order valence-electron chi connectivity index (χ2n) is 7.92. The molecular formula is C20H30N6O2. The maximum Gasteiger partial charge on any atom is 0.236 e. The highest BCUT2D eigenvalue weighted by atomic mass is 16.5. The predicted octanol–water partition coefficient (Wildman–Crippen LogP) is 2.08. The van der Waals surface area contributed by atoms with Gasteiger partial charge in [0.2, 0.25) is 11.9 Å². The molecular weight excluding hydrogens is 356 g/mol. The Balaban J connectivity index is 1.97. The monoisotopic (exact) mass is 386 g/mol. The highest BCUT2D eigenvalue weighted by Gasteiger charge is 2.28. The van der Waals surface area contributed by atoms with Crippen molar-refractivity contribution in [2.24, 2.45) is 0 Å². The Morgan fingerprint density at radius 1 is 1.29 bits per heavy atom. The lowest BCUT2D eigenvalue weighted by Gasteiger charge is -2.33. The molecule has 28 heavy (non-hydrogen) atoms.